The lowest BCUT2D eigenvalue weighted by atomic mass is 9.90. The summed E-state index contributed by atoms with van der Waals surface area (Å²) in [6.45, 7) is 1.95. The van der Waals surface area contributed by atoms with Gasteiger partial charge in [0.1, 0.15) is 12.6 Å². The van der Waals surface area contributed by atoms with Gasteiger partial charge in [0.25, 0.3) is 0 Å². The molecule has 2 amide bonds. The van der Waals surface area contributed by atoms with Crippen LogP contribution in [-0.4, -0.2) is 41.1 Å². The van der Waals surface area contributed by atoms with Crippen LogP contribution in [0, 0.1) is 6.92 Å². The van der Waals surface area contributed by atoms with Gasteiger partial charge in [-0.2, -0.15) is 0 Å². The molecule has 1 saturated heterocycles. The van der Waals surface area contributed by atoms with Crippen LogP contribution in [0.2, 0.25) is 0 Å². The molecule has 1 saturated carbocycles. The van der Waals surface area contributed by atoms with Gasteiger partial charge in [0.2, 0.25) is 11.8 Å². The van der Waals surface area contributed by atoms with E-state index in [0.29, 0.717) is 11.3 Å². The predicted octanol–water partition coefficient (Wildman–Crippen LogP) is 4.14. The van der Waals surface area contributed by atoms with Crippen LogP contribution in [0.3, 0.4) is 0 Å². The zero-order valence-corrected chi connectivity index (χ0v) is 17.4. The summed E-state index contributed by atoms with van der Waals surface area (Å²) in [6, 6.07) is 15.9. The minimum absolute atomic E-state index is 0.0168. The lowest BCUT2D eigenvalue weighted by Crippen LogP contribution is -2.51. The summed E-state index contributed by atoms with van der Waals surface area (Å²) in [6.07, 6.45) is 5.06. The molecule has 0 aromatic heterocycles. The first-order valence-electron chi connectivity index (χ1n) is 10.8. The van der Waals surface area contributed by atoms with Gasteiger partial charge in [0, 0.05) is 17.3 Å². The normalized spacial score (nSPS) is 20.9. The Morgan fingerprint density at radius 3 is 2.20 bits per heavy atom. The topological polar surface area (TPSA) is 57.7 Å². The van der Waals surface area contributed by atoms with Gasteiger partial charge in [-0.3, -0.25) is 14.4 Å². The van der Waals surface area contributed by atoms with Crippen molar-refractivity contribution in [2.75, 3.05) is 11.4 Å². The summed E-state index contributed by atoms with van der Waals surface area (Å²) >= 11 is 0. The summed E-state index contributed by atoms with van der Waals surface area (Å²) in [5.41, 5.74) is 2.32. The number of carbonyl (C=O) groups excluding carboxylic acids is 3. The Hall–Kier alpha value is -2.95. The molecule has 0 radical (unpaired) electrons. The molecule has 1 aliphatic heterocycles. The van der Waals surface area contributed by atoms with Crippen molar-refractivity contribution in [3.05, 3.63) is 65.7 Å². The van der Waals surface area contributed by atoms with E-state index in [1.807, 2.05) is 49.4 Å². The van der Waals surface area contributed by atoms with Crippen molar-refractivity contribution in [3.63, 3.8) is 0 Å². The van der Waals surface area contributed by atoms with Gasteiger partial charge in [0.15, 0.2) is 5.78 Å². The molecule has 1 heterocycles. The van der Waals surface area contributed by atoms with E-state index in [1.165, 1.54) is 4.90 Å². The van der Waals surface area contributed by atoms with Gasteiger partial charge in [0.05, 0.1) is 6.42 Å². The Bertz CT molecular complexity index is 917. The number of benzene rings is 2. The number of para-hydroxylation sites is 1. The second kappa shape index (κ2) is 8.82. The second-order valence-electron chi connectivity index (χ2n) is 8.36. The quantitative estimate of drug-likeness (QED) is 0.720. The third kappa shape index (κ3) is 4.16. The van der Waals surface area contributed by atoms with Crippen LogP contribution in [0.1, 0.15) is 54.4 Å². The number of ketones is 1. The number of anilines is 1. The molecule has 30 heavy (non-hydrogen) atoms. The largest absolute Gasteiger partial charge is 0.327 e. The van der Waals surface area contributed by atoms with Crippen molar-refractivity contribution >= 4 is 23.3 Å². The Morgan fingerprint density at radius 1 is 0.867 bits per heavy atom. The van der Waals surface area contributed by atoms with Gasteiger partial charge in [-0.15, -0.1) is 0 Å². The van der Waals surface area contributed by atoms with E-state index in [0.717, 1.165) is 37.7 Å². The second-order valence-corrected chi connectivity index (χ2v) is 8.36. The molecule has 4 rings (SSSR count). The number of hydrogen-bond donors (Lipinski definition) is 0. The zero-order valence-electron chi connectivity index (χ0n) is 17.4. The molecule has 1 atom stereocenters. The Kier molecular flexibility index (Phi) is 5.98. The third-order valence-electron chi connectivity index (χ3n) is 6.26. The Morgan fingerprint density at radius 2 is 1.53 bits per heavy atom. The SMILES string of the molecule is Cc1ccc(C(=O)C2CC(=O)N(c3ccccc3)CC(=O)N2C2CCCCC2)cc1. The molecule has 2 aromatic carbocycles. The fourth-order valence-electron chi connectivity index (χ4n) is 4.64. The van der Waals surface area contributed by atoms with Crippen molar-refractivity contribution in [2.45, 2.75) is 57.5 Å². The van der Waals surface area contributed by atoms with Crippen LogP contribution in [0.15, 0.2) is 54.6 Å². The highest BCUT2D eigenvalue weighted by molar-refractivity contribution is 6.09. The molecule has 5 heteroatoms. The van der Waals surface area contributed by atoms with Gasteiger partial charge in [-0.25, -0.2) is 0 Å². The van der Waals surface area contributed by atoms with E-state index < -0.39 is 6.04 Å². The minimum atomic E-state index is -0.746. The lowest BCUT2D eigenvalue weighted by molar-refractivity contribution is -0.133. The highest BCUT2D eigenvalue weighted by atomic mass is 16.2. The maximum atomic E-state index is 13.5. The number of Topliss-reactive ketones (excluding diaryl/α,β-unsaturated/α-hetero) is 1. The molecular weight excluding hydrogens is 376 g/mol. The van der Waals surface area contributed by atoms with E-state index in [1.54, 1.807) is 17.0 Å². The molecule has 2 aliphatic rings. The fourth-order valence-corrected chi connectivity index (χ4v) is 4.64. The first-order valence-corrected chi connectivity index (χ1v) is 10.8. The summed E-state index contributed by atoms with van der Waals surface area (Å²) in [5, 5.41) is 0. The molecule has 1 unspecified atom stereocenters. The van der Waals surface area contributed by atoms with Gasteiger partial charge >= 0.3 is 0 Å². The molecule has 0 bridgehead atoms. The lowest BCUT2D eigenvalue weighted by Gasteiger charge is -2.38. The highest BCUT2D eigenvalue weighted by Gasteiger charge is 2.41. The standard InChI is InChI=1S/C25H28N2O3/c1-18-12-14-19(15-13-18)25(30)22-16-23(28)26(20-8-4-2-5-9-20)17-24(29)27(22)21-10-6-3-7-11-21/h2,4-5,8-9,12-15,21-22H,3,6-7,10-11,16-17H2,1H3. The maximum absolute atomic E-state index is 13.5. The molecule has 2 aromatic rings. The fraction of sp³-hybridized carbons (Fsp3) is 0.400. The van der Waals surface area contributed by atoms with Crippen molar-refractivity contribution in [1.82, 2.24) is 4.90 Å². The Labute approximate surface area is 177 Å². The summed E-state index contributed by atoms with van der Waals surface area (Å²) in [4.78, 5) is 43.4. The number of carbonyl (C=O) groups is 3. The number of nitrogens with zero attached hydrogens (tertiary/aromatic N) is 2. The van der Waals surface area contributed by atoms with E-state index in [2.05, 4.69) is 0 Å². The van der Waals surface area contributed by atoms with Crippen molar-refractivity contribution in [3.8, 4) is 0 Å². The van der Waals surface area contributed by atoms with Crippen LogP contribution in [0.25, 0.3) is 0 Å². The van der Waals surface area contributed by atoms with Crippen LogP contribution in [0.5, 0.6) is 0 Å². The summed E-state index contributed by atoms with van der Waals surface area (Å²) < 4.78 is 0. The molecule has 2 fully saturated rings. The summed E-state index contributed by atoms with van der Waals surface area (Å²) in [5.74, 6) is -0.461. The van der Waals surface area contributed by atoms with E-state index in [4.69, 9.17) is 0 Å². The van der Waals surface area contributed by atoms with Gasteiger partial charge in [-0.05, 0) is 31.9 Å². The van der Waals surface area contributed by atoms with Crippen molar-refractivity contribution in [2.24, 2.45) is 0 Å². The van der Waals surface area contributed by atoms with E-state index in [9.17, 15) is 14.4 Å². The van der Waals surface area contributed by atoms with Crippen LogP contribution >= 0.6 is 0 Å². The number of hydrogen-bond acceptors (Lipinski definition) is 3. The minimum Gasteiger partial charge on any atom is -0.327 e. The zero-order chi connectivity index (χ0) is 21.1. The Balaban J connectivity index is 1.70. The molecule has 156 valence electrons. The molecular formula is C25H28N2O3. The monoisotopic (exact) mass is 404 g/mol. The van der Waals surface area contributed by atoms with Crippen LogP contribution in [0.4, 0.5) is 5.69 Å². The first-order chi connectivity index (χ1) is 14.5. The third-order valence-corrected chi connectivity index (χ3v) is 6.26. The van der Waals surface area contributed by atoms with E-state index >= 15 is 0 Å². The first kappa shape index (κ1) is 20.3. The maximum Gasteiger partial charge on any atom is 0.243 e. The molecule has 5 nitrogen and oxygen atoms in total. The van der Waals surface area contributed by atoms with E-state index in [-0.39, 0.29) is 36.6 Å². The summed E-state index contributed by atoms with van der Waals surface area (Å²) in [7, 11) is 0. The van der Waals surface area contributed by atoms with Crippen LogP contribution in [-0.2, 0) is 9.59 Å². The molecule has 0 N–H and O–H groups in total. The average Bonchev–Trinajstić information content (AvgIpc) is 2.91. The van der Waals surface area contributed by atoms with Gasteiger partial charge < -0.3 is 9.80 Å². The smallest absolute Gasteiger partial charge is 0.243 e. The predicted molar refractivity (Wildman–Crippen MR) is 116 cm³/mol. The number of aryl methyl sites for hydroxylation is 1. The number of amides is 2. The van der Waals surface area contributed by atoms with Crippen molar-refractivity contribution in [1.29, 1.82) is 0 Å². The van der Waals surface area contributed by atoms with Crippen LogP contribution < -0.4 is 4.90 Å². The molecule has 1 aliphatic carbocycles. The highest BCUT2D eigenvalue weighted by Crippen LogP contribution is 2.30. The van der Waals surface area contributed by atoms with Gasteiger partial charge in [-0.1, -0.05) is 67.3 Å². The molecule has 0 spiro atoms. The number of rotatable bonds is 4. The van der Waals surface area contributed by atoms with Crippen molar-refractivity contribution < 1.29 is 14.4 Å². The average molecular weight is 405 g/mol.